The number of H-pyrrole nitrogens is 1. The molecule has 0 bridgehead atoms. The highest BCUT2D eigenvalue weighted by Crippen LogP contribution is 2.32. The van der Waals surface area contributed by atoms with Crippen molar-refractivity contribution in [1.82, 2.24) is 15.2 Å². The summed E-state index contributed by atoms with van der Waals surface area (Å²) in [6.45, 7) is 0. The number of nitrogens with one attached hydrogen (secondary N) is 1. The Morgan fingerprint density at radius 2 is 2.06 bits per heavy atom. The van der Waals surface area contributed by atoms with Crippen molar-refractivity contribution in [2.24, 2.45) is 0 Å². The van der Waals surface area contributed by atoms with Gasteiger partial charge in [-0.2, -0.15) is 5.10 Å². The minimum Gasteiger partial charge on any atom is -0.262 e. The van der Waals surface area contributed by atoms with Crippen LogP contribution in [0.15, 0.2) is 24.3 Å². The van der Waals surface area contributed by atoms with Crippen molar-refractivity contribution in [2.75, 3.05) is 0 Å². The molecule has 0 amide bonds. The van der Waals surface area contributed by atoms with Gasteiger partial charge in [-0.1, -0.05) is 25.0 Å². The van der Waals surface area contributed by atoms with E-state index < -0.39 is 0 Å². The highest BCUT2D eigenvalue weighted by Gasteiger charge is 2.20. The van der Waals surface area contributed by atoms with E-state index in [1.165, 1.54) is 37.8 Å². The molecule has 3 nitrogen and oxygen atoms in total. The summed E-state index contributed by atoms with van der Waals surface area (Å²) in [4.78, 5) is 4.47. The maximum atomic E-state index is 13.1. The van der Waals surface area contributed by atoms with E-state index >= 15 is 0 Å². The average molecular weight is 231 g/mol. The van der Waals surface area contributed by atoms with Crippen molar-refractivity contribution in [3.8, 4) is 11.4 Å². The van der Waals surface area contributed by atoms with E-state index in [1.54, 1.807) is 6.07 Å². The minimum absolute atomic E-state index is 0.255. The van der Waals surface area contributed by atoms with Gasteiger partial charge in [0.05, 0.1) is 0 Å². The summed E-state index contributed by atoms with van der Waals surface area (Å²) >= 11 is 0. The second-order valence-electron chi connectivity index (χ2n) is 4.54. The van der Waals surface area contributed by atoms with Gasteiger partial charge in [0.25, 0.3) is 0 Å². The Kier molecular flexibility index (Phi) is 2.63. The van der Waals surface area contributed by atoms with Gasteiger partial charge in [-0.25, -0.2) is 9.37 Å². The molecular weight excluding hydrogens is 217 g/mol. The third-order valence-electron chi connectivity index (χ3n) is 3.33. The van der Waals surface area contributed by atoms with Crippen LogP contribution in [0.4, 0.5) is 4.39 Å². The summed E-state index contributed by atoms with van der Waals surface area (Å²) in [6.07, 6.45) is 4.89. The van der Waals surface area contributed by atoms with Crippen molar-refractivity contribution in [3.05, 3.63) is 35.9 Å². The van der Waals surface area contributed by atoms with E-state index in [9.17, 15) is 4.39 Å². The molecule has 1 fully saturated rings. The van der Waals surface area contributed by atoms with Crippen molar-refractivity contribution in [1.29, 1.82) is 0 Å². The number of benzene rings is 1. The third kappa shape index (κ3) is 2.07. The fourth-order valence-corrected chi connectivity index (χ4v) is 2.41. The molecule has 0 radical (unpaired) electrons. The lowest BCUT2D eigenvalue weighted by atomic mass is 10.1. The molecule has 17 heavy (non-hydrogen) atoms. The molecule has 2 aromatic rings. The zero-order valence-electron chi connectivity index (χ0n) is 9.49. The molecule has 0 spiro atoms. The predicted octanol–water partition coefficient (Wildman–Crippen LogP) is 3.27. The van der Waals surface area contributed by atoms with Gasteiger partial charge in [0.2, 0.25) is 0 Å². The van der Waals surface area contributed by atoms with Gasteiger partial charge in [0.15, 0.2) is 5.82 Å². The van der Waals surface area contributed by atoms with Crippen LogP contribution in [0.5, 0.6) is 0 Å². The lowest BCUT2D eigenvalue weighted by molar-refractivity contribution is 0.628. The highest BCUT2D eigenvalue weighted by atomic mass is 19.1. The van der Waals surface area contributed by atoms with Gasteiger partial charge in [-0.15, -0.1) is 0 Å². The quantitative estimate of drug-likeness (QED) is 0.861. The Labute approximate surface area is 99.1 Å². The molecule has 3 rings (SSSR count). The van der Waals surface area contributed by atoms with E-state index in [0.717, 1.165) is 11.4 Å². The molecule has 88 valence electrons. The molecule has 1 aromatic heterocycles. The molecule has 0 unspecified atom stereocenters. The first-order chi connectivity index (χ1) is 8.33. The molecule has 0 saturated heterocycles. The third-order valence-corrected chi connectivity index (χ3v) is 3.33. The molecule has 0 atom stereocenters. The Bertz CT molecular complexity index is 515. The van der Waals surface area contributed by atoms with Crippen LogP contribution >= 0.6 is 0 Å². The van der Waals surface area contributed by atoms with Crippen LogP contribution < -0.4 is 0 Å². The smallest absolute Gasteiger partial charge is 0.181 e. The van der Waals surface area contributed by atoms with Crippen LogP contribution in [-0.4, -0.2) is 15.2 Å². The fraction of sp³-hybridized carbons (Fsp3) is 0.385. The van der Waals surface area contributed by atoms with Gasteiger partial charge < -0.3 is 0 Å². The van der Waals surface area contributed by atoms with E-state index in [4.69, 9.17) is 0 Å². The number of nitrogens with zero attached hydrogens (tertiary/aromatic N) is 2. The molecule has 0 aliphatic heterocycles. The van der Waals surface area contributed by atoms with Crippen molar-refractivity contribution < 1.29 is 4.39 Å². The highest BCUT2D eigenvalue weighted by molar-refractivity contribution is 5.54. The molecule has 1 N–H and O–H groups in total. The van der Waals surface area contributed by atoms with Crippen molar-refractivity contribution in [2.45, 2.75) is 31.6 Å². The second-order valence-corrected chi connectivity index (χ2v) is 4.54. The normalized spacial score (nSPS) is 16.5. The average Bonchev–Trinajstić information content (AvgIpc) is 3.00. The molecule has 1 saturated carbocycles. The monoisotopic (exact) mass is 231 g/mol. The van der Waals surface area contributed by atoms with Gasteiger partial charge in [0.1, 0.15) is 11.6 Å². The van der Waals surface area contributed by atoms with Crippen LogP contribution in [0, 0.1) is 5.82 Å². The topological polar surface area (TPSA) is 41.6 Å². The summed E-state index contributed by atoms with van der Waals surface area (Å²) in [5.74, 6) is 1.78. The molecular formula is C13H14FN3. The summed E-state index contributed by atoms with van der Waals surface area (Å²) in [5, 5.41) is 7.15. The molecule has 1 aliphatic rings. The Hall–Kier alpha value is -1.71. The number of hydrogen-bond acceptors (Lipinski definition) is 2. The molecule has 1 heterocycles. The predicted molar refractivity (Wildman–Crippen MR) is 63.0 cm³/mol. The van der Waals surface area contributed by atoms with Crippen molar-refractivity contribution in [3.63, 3.8) is 0 Å². The summed E-state index contributed by atoms with van der Waals surface area (Å²) < 4.78 is 13.1. The lowest BCUT2D eigenvalue weighted by Gasteiger charge is -2.01. The zero-order chi connectivity index (χ0) is 11.7. The second kappa shape index (κ2) is 4.28. The van der Waals surface area contributed by atoms with E-state index in [2.05, 4.69) is 15.2 Å². The standard InChI is InChI=1S/C13H14FN3/c14-11-7-3-6-10(8-11)13-15-12(16-17-13)9-4-1-2-5-9/h3,6-9H,1-2,4-5H2,(H,15,16,17). The van der Waals surface area contributed by atoms with E-state index in [1.807, 2.05) is 6.07 Å². The van der Waals surface area contributed by atoms with E-state index in [0.29, 0.717) is 11.7 Å². The van der Waals surface area contributed by atoms with Gasteiger partial charge in [-0.3, -0.25) is 5.10 Å². The molecule has 1 aromatic carbocycles. The molecule has 1 aliphatic carbocycles. The van der Waals surface area contributed by atoms with Crippen LogP contribution in [0.2, 0.25) is 0 Å². The summed E-state index contributed by atoms with van der Waals surface area (Å²) in [7, 11) is 0. The number of hydrogen-bond donors (Lipinski definition) is 1. The van der Waals surface area contributed by atoms with Crippen LogP contribution in [0.25, 0.3) is 11.4 Å². The van der Waals surface area contributed by atoms with E-state index in [-0.39, 0.29) is 5.82 Å². The largest absolute Gasteiger partial charge is 0.262 e. The SMILES string of the molecule is Fc1cccc(-c2n[nH]c(C3CCCC3)n2)c1. The fourth-order valence-electron chi connectivity index (χ4n) is 2.41. The number of halogens is 1. The summed E-state index contributed by atoms with van der Waals surface area (Å²) in [5.41, 5.74) is 0.727. The maximum absolute atomic E-state index is 13.1. The first kappa shape index (κ1) is 10.4. The summed E-state index contributed by atoms with van der Waals surface area (Å²) in [6, 6.07) is 6.39. The minimum atomic E-state index is -0.255. The van der Waals surface area contributed by atoms with Gasteiger partial charge in [0, 0.05) is 11.5 Å². The Morgan fingerprint density at radius 1 is 1.24 bits per heavy atom. The van der Waals surface area contributed by atoms with Gasteiger partial charge >= 0.3 is 0 Å². The zero-order valence-corrected chi connectivity index (χ0v) is 9.49. The Balaban J connectivity index is 1.89. The first-order valence-corrected chi connectivity index (χ1v) is 6.01. The maximum Gasteiger partial charge on any atom is 0.181 e. The Morgan fingerprint density at radius 3 is 2.82 bits per heavy atom. The number of aromatic nitrogens is 3. The van der Waals surface area contributed by atoms with Gasteiger partial charge in [-0.05, 0) is 25.0 Å². The van der Waals surface area contributed by atoms with Crippen molar-refractivity contribution >= 4 is 0 Å². The first-order valence-electron chi connectivity index (χ1n) is 6.01. The van der Waals surface area contributed by atoms with Crippen LogP contribution in [0.3, 0.4) is 0 Å². The molecule has 4 heteroatoms. The van der Waals surface area contributed by atoms with Crippen LogP contribution in [0.1, 0.15) is 37.4 Å². The van der Waals surface area contributed by atoms with Crippen LogP contribution in [-0.2, 0) is 0 Å². The lowest BCUT2D eigenvalue weighted by Crippen LogP contribution is -1.94. The number of aromatic amines is 1. The number of rotatable bonds is 2.